The fourth-order valence-electron chi connectivity index (χ4n) is 2.43. The summed E-state index contributed by atoms with van der Waals surface area (Å²) in [6, 6.07) is 0. The molecule has 0 bridgehead atoms. The molecular weight excluding hydrogens is 294 g/mol. The van der Waals surface area contributed by atoms with Crippen molar-refractivity contribution < 1.29 is 9.47 Å². The lowest BCUT2D eigenvalue weighted by molar-refractivity contribution is 0.0431. The van der Waals surface area contributed by atoms with Crippen molar-refractivity contribution in [3.05, 3.63) is 0 Å². The van der Waals surface area contributed by atoms with Gasteiger partial charge in [0.05, 0.1) is 29.8 Å². The smallest absolute Gasteiger partial charge is 0.0656 e. The minimum atomic E-state index is -0.729. The van der Waals surface area contributed by atoms with Crippen molar-refractivity contribution in [2.24, 2.45) is 0 Å². The van der Waals surface area contributed by atoms with Crippen molar-refractivity contribution in [3.8, 4) is 0 Å². The predicted molar refractivity (Wildman–Crippen MR) is 99.9 cm³/mol. The van der Waals surface area contributed by atoms with Crippen LogP contribution in [-0.4, -0.2) is 54.3 Å². The zero-order valence-electron chi connectivity index (χ0n) is 15.6. The van der Waals surface area contributed by atoms with Crippen LogP contribution in [-0.2, 0) is 9.47 Å². The third kappa shape index (κ3) is 11.5. The fraction of sp³-hybridized carbons (Fsp3) is 1.00. The summed E-state index contributed by atoms with van der Waals surface area (Å²) in [5.74, 6) is 0. The maximum absolute atomic E-state index is 6.03. The minimum absolute atomic E-state index is 0.348. The third-order valence-electron chi connectivity index (χ3n) is 3.59. The zero-order valence-corrected chi connectivity index (χ0v) is 17.9. The first kappa shape index (κ1) is 21.3. The summed E-state index contributed by atoms with van der Waals surface area (Å²) in [5, 5.41) is 3.59. The normalized spacial score (nSPS) is 15.4. The fourth-order valence-corrected chi connectivity index (χ4v) is 5.35. The average molecular weight is 334 g/mol. The average Bonchev–Trinajstić information content (AvgIpc) is 2.34. The standard InChI is InChI=1S/C16H39NO2Si2/c1-13(2)18-15(20(5)6)9-11-17-12-10-16(21(7)8)19-14(3)4/h13-17,20-21H,9-12H2,1-8H3. The van der Waals surface area contributed by atoms with Gasteiger partial charge in [0.25, 0.3) is 0 Å². The Labute approximate surface area is 136 Å². The lowest BCUT2D eigenvalue weighted by atomic mass is 10.4. The van der Waals surface area contributed by atoms with Crippen molar-refractivity contribution >= 4 is 17.6 Å². The van der Waals surface area contributed by atoms with Gasteiger partial charge in [0.2, 0.25) is 0 Å². The van der Waals surface area contributed by atoms with Crippen molar-refractivity contribution in [3.63, 3.8) is 0 Å². The highest BCUT2D eigenvalue weighted by molar-refractivity contribution is 6.57. The minimum Gasteiger partial charge on any atom is -0.379 e. The molecule has 5 heteroatoms. The molecule has 0 aliphatic rings. The molecule has 0 rings (SSSR count). The number of ether oxygens (including phenoxy) is 2. The molecule has 0 radical (unpaired) electrons. The highest BCUT2D eigenvalue weighted by atomic mass is 28.3. The van der Waals surface area contributed by atoms with E-state index in [1.807, 2.05) is 0 Å². The molecule has 128 valence electrons. The molecule has 0 heterocycles. The quantitative estimate of drug-likeness (QED) is 0.440. The molecule has 2 atom stereocenters. The molecule has 0 aliphatic heterocycles. The van der Waals surface area contributed by atoms with Gasteiger partial charge in [-0.05, 0) is 53.6 Å². The zero-order chi connectivity index (χ0) is 16.4. The van der Waals surface area contributed by atoms with Crippen molar-refractivity contribution in [2.75, 3.05) is 13.1 Å². The van der Waals surface area contributed by atoms with Crippen LogP contribution >= 0.6 is 0 Å². The van der Waals surface area contributed by atoms with Crippen LogP contribution in [0, 0.1) is 0 Å². The molecule has 21 heavy (non-hydrogen) atoms. The van der Waals surface area contributed by atoms with Gasteiger partial charge in [-0.15, -0.1) is 0 Å². The summed E-state index contributed by atoms with van der Waals surface area (Å²) in [6.07, 6.45) is 3.00. The number of rotatable bonds is 12. The Morgan fingerprint density at radius 3 is 1.29 bits per heavy atom. The molecule has 0 saturated carbocycles. The van der Waals surface area contributed by atoms with Crippen LogP contribution in [0.1, 0.15) is 40.5 Å². The van der Waals surface area contributed by atoms with E-state index in [1.165, 1.54) is 0 Å². The third-order valence-corrected chi connectivity index (χ3v) is 7.55. The molecule has 0 aliphatic carbocycles. The van der Waals surface area contributed by atoms with Gasteiger partial charge in [-0.25, -0.2) is 0 Å². The monoisotopic (exact) mass is 333 g/mol. The first-order chi connectivity index (χ1) is 9.73. The lowest BCUT2D eigenvalue weighted by Gasteiger charge is -2.25. The Morgan fingerprint density at radius 1 is 0.714 bits per heavy atom. The molecule has 2 unspecified atom stereocenters. The molecule has 0 aromatic rings. The van der Waals surface area contributed by atoms with Gasteiger partial charge < -0.3 is 14.8 Å². The largest absolute Gasteiger partial charge is 0.379 e. The molecule has 3 nitrogen and oxygen atoms in total. The van der Waals surface area contributed by atoms with Crippen molar-refractivity contribution in [2.45, 2.75) is 90.4 Å². The first-order valence-electron chi connectivity index (χ1n) is 8.75. The van der Waals surface area contributed by atoms with E-state index < -0.39 is 17.6 Å². The highest BCUT2D eigenvalue weighted by Gasteiger charge is 2.18. The summed E-state index contributed by atoms with van der Waals surface area (Å²) >= 11 is 0. The molecule has 0 amide bonds. The molecule has 0 fully saturated rings. The van der Waals surface area contributed by atoms with Crippen LogP contribution in [0.25, 0.3) is 0 Å². The van der Waals surface area contributed by atoms with Crippen LogP contribution in [0.3, 0.4) is 0 Å². The van der Waals surface area contributed by atoms with E-state index in [1.54, 1.807) is 0 Å². The topological polar surface area (TPSA) is 30.5 Å². The second-order valence-electron chi connectivity index (χ2n) is 7.26. The number of hydrogen-bond acceptors (Lipinski definition) is 3. The summed E-state index contributed by atoms with van der Waals surface area (Å²) in [7, 11) is -1.46. The summed E-state index contributed by atoms with van der Waals surface area (Å²) in [4.78, 5) is 0. The van der Waals surface area contributed by atoms with Crippen LogP contribution in [0.2, 0.25) is 26.2 Å². The Kier molecular flexibility index (Phi) is 12.0. The van der Waals surface area contributed by atoms with Gasteiger partial charge in [-0.1, -0.05) is 26.2 Å². The van der Waals surface area contributed by atoms with Crippen molar-refractivity contribution in [1.82, 2.24) is 5.32 Å². The van der Waals surface area contributed by atoms with Gasteiger partial charge in [0.1, 0.15) is 0 Å². The van der Waals surface area contributed by atoms with Gasteiger partial charge in [0, 0.05) is 11.5 Å². The summed E-state index contributed by atoms with van der Waals surface area (Å²) < 4.78 is 12.1. The second-order valence-corrected chi connectivity index (χ2v) is 13.7. The van der Waals surface area contributed by atoms with Crippen LogP contribution in [0.5, 0.6) is 0 Å². The Hall–Kier alpha value is 0.314. The number of hydrogen-bond donors (Lipinski definition) is 1. The van der Waals surface area contributed by atoms with E-state index in [0.717, 1.165) is 25.9 Å². The molecule has 0 spiro atoms. The van der Waals surface area contributed by atoms with E-state index in [0.29, 0.717) is 23.7 Å². The SMILES string of the molecule is CC(C)OC(CCNCCC(OC(C)C)[SiH](C)C)[SiH](C)C. The number of nitrogens with one attached hydrogen (secondary N) is 1. The molecule has 0 aromatic carbocycles. The first-order valence-corrected chi connectivity index (χ1v) is 14.7. The van der Waals surface area contributed by atoms with Crippen molar-refractivity contribution in [1.29, 1.82) is 0 Å². The van der Waals surface area contributed by atoms with Crippen LogP contribution in [0.15, 0.2) is 0 Å². The summed E-state index contributed by atoms with van der Waals surface area (Å²) in [5.41, 5.74) is 0.999. The lowest BCUT2D eigenvalue weighted by Crippen LogP contribution is -2.36. The molecule has 0 aromatic heterocycles. The second kappa shape index (κ2) is 11.8. The van der Waals surface area contributed by atoms with Gasteiger partial charge >= 0.3 is 0 Å². The van der Waals surface area contributed by atoms with Gasteiger partial charge in [0.15, 0.2) is 0 Å². The Morgan fingerprint density at radius 2 is 1.05 bits per heavy atom. The van der Waals surface area contributed by atoms with E-state index in [2.05, 4.69) is 59.2 Å². The van der Waals surface area contributed by atoms with E-state index in [-0.39, 0.29) is 0 Å². The maximum Gasteiger partial charge on any atom is 0.0656 e. The molecular formula is C16H39NO2Si2. The Bertz CT molecular complexity index is 224. The van der Waals surface area contributed by atoms with E-state index in [4.69, 9.17) is 9.47 Å². The maximum atomic E-state index is 6.03. The van der Waals surface area contributed by atoms with Crippen LogP contribution in [0.4, 0.5) is 0 Å². The van der Waals surface area contributed by atoms with E-state index >= 15 is 0 Å². The van der Waals surface area contributed by atoms with Gasteiger partial charge in [-0.3, -0.25) is 0 Å². The van der Waals surface area contributed by atoms with Gasteiger partial charge in [-0.2, -0.15) is 0 Å². The molecule has 1 N–H and O–H groups in total. The highest BCUT2D eigenvalue weighted by Crippen LogP contribution is 2.08. The predicted octanol–water partition coefficient (Wildman–Crippen LogP) is 3.00. The summed E-state index contributed by atoms with van der Waals surface area (Å²) in [6.45, 7) is 20.2. The van der Waals surface area contributed by atoms with E-state index in [9.17, 15) is 0 Å². The Balaban J connectivity index is 3.91. The molecule has 0 saturated heterocycles. The van der Waals surface area contributed by atoms with Crippen LogP contribution < -0.4 is 5.32 Å².